The molecule has 3 nitrogen and oxygen atoms in total. The predicted molar refractivity (Wildman–Crippen MR) is 120 cm³/mol. The van der Waals surface area contributed by atoms with Gasteiger partial charge in [-0.3, -0.25) is 0 Å². The van der Waals surface area contributed by atoms with Gasteiger partial charge in [-0.15, -0.1) is 0 Å². The van der Waals surface area contributed by atoms with Crippen LogP contribution in [0.15, 0.2) is 65.1 Å². The number of anilines is 1. The van der Waals surface area contributed by atoms with E-state index in [-0.39, 0.29) is 0 Å². The van der Waals surface area contributed by atoms with Gasteiger partial charge in [0.1, 0.15) is 6.61 Å². The van der Waals surface area contributed by atoms with E-state index in [0.29, 0.717) is 41.3 Å². The van der Waals surface area contributed by atoms with Crippen molar-refractivity contribution in [2.75, 3.05) is 11.9 Å². The molecule has 3 aromatic carbocycles. The number of ether oxygens (including phenoxy) is 2. The molecule has 0 bridgehead atoms. The first-order chi connectivity index (χ1) is 13.6. The van der Waals surface area contributed by atoms with E-state index in [2.05, 4.69) is 21.2 Å². The zero-order valence-corrected chi connectivity index (χ0v) is 18.4. The highest BCUT2D eigenvalue weighted by Gasteiger charge is 2.12. The lowest BCUT2D eigenvalue weighted by molar-refractivity contribution is 0.269. The minimum absolute atomic E-state index is 0.366. The largest absolute Gasteiger partial charge is 0.490 e. The van der Waals surface area contributed by atoms with E-state index in [4.69, 9.17) is 32.7 Å². The molecule has 0 saturated heterocycles. The smallest absolute Gasteiger partial charge is 0.162 e. The normalized spacial score (nSPS) is 10.6. The van der Waals surface area contributed by atoms with Crippen molar-refractivity contribution < 1.29 is 9.47 Å². The fourth-order valence-corrected chi connectivity index (χ4v) is 3.42. The summed E-state index contributed by atoms with van der Waals surface area (Å²) in [5.74, 6) is 1.37. The van der Waals surface area contributed by atoms with Crippen LogP contribution in [0.5, 0.6) is 11.5 Å². The molecule has 28 heavy (non-hydrogen) atoms. The molecule has 6 heteroatoms. The van der Waals surface area contributed by atoms with Crippen LogP contribution in [0.3, 0.4) is 0 Å². The summed E-state index contributed by atoms with van der Waals surface area (Å²) in [6, 6.07) is 19.5. The molecule has 0 aliphatic heterocycles. The van der Waals surface area contributed by atoms with E-state index >= 15 is 0 Å². The molecule has 0 unspecified atom stereocenters. The topological polar surface area (TPSA) is 30.5 Å². The molecule has 3 aromatic rings. The van der Waals surface area contributed by atoms with Crippen LogP contribution in [0.25, 0.3) is 0 Å². The Bertz CT molecular complexity index is 935. The highest BCUT2D eigenvalue weighted by atomic mass is 79.9. The average molecular weight is 481 g/mol. The van der Waals surface area contributed by atoms with Gasteiger partial charge in [0.2, 0.25) is 0 Å². The summed E-state index contributed by atoms with van der Waals surface area (Å²) in [5, 5.41) is 4.44. The van der Waals surface area contributed by atoms with Gasteiger partial charge in [-0.1, -0.05) is 63.4 Å². The Morgan fingerprint density at radius 2 is 1.64 bits per heavy atom. The van der Waals surface area contributed by atoms with Crippen molar-refractivity contribution in [1.29, 1.82) is 0 Å². The number of hydrogen-bond donors (Lipinski definition) is 1. The summed E-state index contributed by atoms with van der Waals surface area (Å²) in [4.78, 5) is 0. The fourth-order valence-electron chi connectivity index (χ4n) is 2.64. The molecular weight excluding hydrogens is 461 g/mol. The Labute approximate surface area is 183 Å². The predicted octanol–water partition coefficient (Wildman–Crippen LogP) is 7.35. The van der Waals surface area contributed by atoms with Gasteiger partial charge in [-0.2, -0.15) is 0 Å². The van der Waals surface area contributed by atoms with E-state index in [1.165, 1.54) is 0 Å². The number of nitrogens with one attached hydrogen (secondary N) is 1. The molecule has 0 fully saturated rings. The Morgan fingerprint density at radius 1 is 0.893 bits per heavy atom. The van der Waals surface area contributed by atoms with Crippen molar-refractivity contribution in [1.82, 2.24) is 0 Å². The third-order valence-electron chi connectivity index (χ3n) is 4.05. The van der Waals surface area contributed by atoms with E-state index in [1.54, 1.807) is 12.1 Å². The van der Waals surface area contributed by atoms with Crippen molar-refractivity contribution in [3.05, 3.63) is 86.3 Å². The summed E-state index contributed by atoms with van der Waals surface area (Å²) in [6.45, 7) is 3.53. The summed E-state index contributed by atoms with van der Waals surface area (Å²) < 4.78 is 12.7. The average Bonchev–Trinajstić information content (AvgIpc) is 2.70. The number of halogens is 3. The summed E-state index contributed by atoms with van der Waals surface area (Å²) >= 11 is 15.7. The lowest BCUT2D eigenvalue weighted by atomic mass is 10.2. The Balaban J connectivity index is 1.75. The first-order valence-electron chi connectivity index (χ1n) is 8.87. The molecule has 3 rings (SSSR count). The standard InChI is InChI=1S/C22H20BrCl2NO2/c1-2-27-21-11-16(13-26-17-6-4-3-5-7-17)18(23)12-22(21)28-14-15-8-9-19(24)20(25)10-15/h3-12,26H,2,13-14H2,1H3. The van der Waals surface area contributed by atoms with Gasteiger partial charge < -0.3 is 14.8 Å². The van der Waals surface area contributed by atoms with Gasteiger partial charge in [0, 0.05) is 16.7 Å². The summed E-state index contributed by atoms with van der Waals surface area (Å²) in [5.41, 5.74) is 3.07. The molecule has 1 N–H and O–H groups in total. The van der Waals surface area contributed by atoms with Gasteiger partial charge in [-0.25, -0.2) is 0 Å². The van der Waals surface area contributed by atoms with Crippen LogP contribution in [0.4, 0.5) is 5.69 Å². The van der Waals surface area contributed by atoms with Crippen molar-refractivity contribution in [3.8, 4) is 11.5 Å². The van der Waals surface area contributed by atoms with Crippen molar-refractivity contribution in [2.45, 2.75) is 20.1 Å². The van der Waals surface area contributed by atoms with Gasteiger partial charge in [-0.05, 0) is 54.4 Å². The van der Waals surface area contributed by atoms with Crippen LogP contribution in [0, 0.1) is 0 Å². The Hall–Kier alpha value is -1.88. The highest BCUT2D eigenvalue weighted by molar-refractivity contribution is 9.10. The zero-order chi connectivity index (χ0) is 19.9. The van der Waals surface area contributed by atoms with Crippen molar-refractivity contribution in [3.63, 3.8) is 0 Å². The van der Waals surface area contributed by atoms with E-state index in [1.807, 2.05) is 55.5 Å². The molecular formula is C22H20BrCl2NO2. The molecule has 0 spiro atoms. The third-order valence-corrected chi connectivity index (χ3v) is 5.52. The first kappa shape index (κ1) is 20.8. The summed E-state index contributed by atoms with van der Waals surface area (Å²) in [7, 11) is 0. The second-order valence-electron chi connectivity index (χ2n) is 6.08. The van der Waals surface area contributed by atoms with Crippen LogP contribution < -0.4 is 14.8 Å². The molecule has 0 atom stereocenters. The number of rotatable bonds is 8. The third kappa shape index (κ3) is 5.57. The van der Waals surface area contributed by atoms with Crippen LogP contribution in [-0.4, -0.2) is 6.61 Å². The first-order valence-corrected chi connectivity index (χ1v) is 10.4. The molecule has 0 aliphatic rings. The van der Waals surface area contributed by atoms with E-state index in [9.17, 15) is 0 Å². The molecule has 0 heterocycles. The monoisotopic (exact) mass is 479 g/mol. The Kier molecular flexibility index (Phi) is 7.49. The second kappa shape index (κ2) is 10.1. The van der Waals surface area contributed by atoms with Crippen LogP contribution in [-0.2, 0) is 13.2 Å². The maximum Gasteiger partial charge on any atom is 0.162 e. The molecule has 0 amide bonds. The molecule has 0 aliphatic carbocycles. The number of benzene rings is 3. The number of hydrogen-bond acceptors (Lipinski definition) is 3. The minimum atomic E-state index is 0.366. The van der Waals surface area contributed by atoms with Gasteiger partial charge in [0.25, 0.3) is 0 Å². The van der Waals surface area contributed by atoms with Crippen LogP contribution in [0.2, 0.25) is 10.0 Å². The van der Waals surface area contributed by atoms with E-state index in [0.717, 1.165) is 21.3 Å². The lowest BCUT2D eigenvalue weighted by Crippen LogP contribution is -2.04. The van der Waals surface area contributed by atoms with Crippen LogP contribution >= 0.6 is 39.1 Å². The molecule has 0 saturated carbocycles. The Morgan fingerprint density at radius 3 is 2.36 bits per heavy atom. The van der Waals surface area contributed by atoms with Gasteiger partial charge in [0.05, 0.1) is 16.7 Å². The van der Waals surface area contributed by atoms with E-state index < -0.39 is 0 Å². The summed E-state index contributed by atoms with van der Waals surface area (Å²) in [6.07, 6.45) is 0. The van der Waals surface area contributed by atoms with Gasteiger partial charge in [0.15, 0.2) is 11.5 Å². The van der Waals surface area contributed by atoms with Crippen molar-refractivity contribution in [2.24, 2.45) is 0 Å². The molecule has 0 radical (unpaired) electrons. The number of para-hydroxylation sites is 1. The SMILES string of the molecule is CCOc1cc(CNc2ccccc2)c(Br)cc1OCc1ccc(Cl)c(Cl)c1. The second-order valence-corrected chi connectivity index (χ2v) is 7.75. The quantitative estimate of drug-likeness (QED) is 0.365. The lowest BCUT2D eigenvalue weighted by Gasteiger charge is -2.16. The molecule has 146 valence electrons. The maximum absolute atomic E-state index is 6.08. The van der Waals surface area contributed by atoms with Crippen molar-refractivity contribution >= 4 is 44.8 Å². The minimum Gasteiger partial charge on any atom is -0.490 e. The maximum atomic E-state index is 6.08. The molecule has 0 aromatic heterocycles. The fraction of sp³-hybridized carbons (Fsp3) is 0.182. The zero-order valence-electron chi connectivity index (χ0n) is 15.3. The van der Waals surface area contributed by atoms with Gasteiger partial charge >= 0.3 is 0 Å². The van der Waals surface area contributed by atoms with Crippen LogP contribution in [0.1, 0.15) is 18.1 Å². The highest BCUT2D eigenvalue weighted by Crippen LogP contribution is 2.35.